The van der Waals surface area contributed by atoms with Gasteiger partial charge in [-0.2, -0.15) is 5.26 Å². The van der Waals surface area contributed by atoms with Gasteiger partial charge in [0.2, 0.25) is 5.91 Å². The van der Waals surface area contributed by atoms with E-state index in [4.69, 9.17) is 5.26 Å². The van der Waals surface area contributed by atoms with Crippen LogP contribution in [0.2, 0.25) is 0 Å². The van der Waals surface area contributed by atoms with Crippen molar-refractivity contribution in [3.63, 3.8) is 0 Å². The van der Waals surface area contributed by atoms with E-state index in [1.165, 1.54) is 11.0 Å². The zero-order chi connectivity index (χ0) is 13.2. The lowest BCUT2D eigenvalue weighted by molar-refractivity contribution is -0.122. The van der Waals surface area contributed by atoms with Gasteiger partial charge in [0.1, 0.15) is 18.9 Å². The molecule has 0 spiro atoms. The van der Waals surface area contributed by atoms with Gasteiger partial charge >= 0.3 is 0 Å². The Bertz CT molecular complexity index is 600. The molecule has 2 rings (SSSR count). The van der Waals surface area contributed by atoms with Gasteiger partial charge in [0.15, 0.2) is 9.84 Å². The highest BCUT2D eigenvalue weighted by Gasteiger charge is 2.28. The lowest BCUT2D eigenvalue weighted by Gasteiger charge is -2.10. The van der Waals surface area contributed by atoms with E-state index in [0.717, 1.165) is 0 Å². The van der Waals surface area contributed by atoms with Crippen molar-refractivity contribution in [3.05, 3.63) is 12.2 Å². The first-order chi connectivity index (χ1) is 8.48. The number of nitrogens with zero attached hydrogens (tertiary/aromatic N) is 4. The lowest BCUT2D eigenvalue weighted by atomic mass is 10.2. The van der Waals surface area contributed by atoms with Crippen LogP contribution in [0.4, 0.5) is 0 Å². The van der Waals surface area contributed by atoms with Crippen molar-refractivity contribution in [3.8, 4) is 6.07 Å². The molecule has 1 aromatic rings. The molecule has 8 nitrogen and oxygen atoms in total. The Kier molecular flexibility index (Phi) is 3.29. The SMILES string of the molecule is N#Cc1ncn(CC(=O)NC2CCS(=O)(=O)C2)n1. The second-order valence-corrected chi connectivity index (χ2v) is 6.27. The second-order valence-electron chi connectivity index (χ2n) is 4.05. The Balaban J connectivity index is 1.88. The minimum absolute atomic E-state index is 0.00811. The maximum atomic E-state index is 11.6. The van der Waals surface area contributed by atoms with Gasteiger partial charge in [-0.15, -0.1) is 5.10 Å². The monoisotopic (exact) mass is 269 g/mol. The number of aromatic nitrogens is 3. The summed E-state index contributed by atoms with van der Waals surface area (Å²) in [6.07, 6.45) is 1.72. The van der Waals surface area contributed by atoms with Crippen molar-refractivity contribution in [2.24, 2.45) is 0 Å². The molecule has 0 radical (unpaired) electrons. The van der Waals surface area contributed by atoms with Crippen LogP contribution in [0.1, 0.15) is 12.2 Å². The molecule has 0 bridgehead atoms. The summed E-state index contributed by atoms with van der Waals surface area (Å²) in [5.74, 6) is -0.253. The molecule has 1 N–H and O–H groups in total. The van der Waals surface area contributed by atoms with E-state index in [1.807, 2.05) is 0 Å². The molecule has 0 aromatic carbocycles. The van der Waals surface area contributed by atoms with Crippen LogP contribution in [-0.4, -0.2) is 46.6 Å². The Labute approximate surface area is 104 Å². The van der Waals surface area contributed by atoms with Gasteiger partial charge in [0.25, 0.3) is 5.82 Å². The first kappa shape index (κ1) is 12.5. The van der Waals surface area contributed by atoms with Gasteiger partial charge in [-0.05, 0) is 6.42 Å². The lowest BCUT2D eigenvalue weighted by Crippen LogP contribution is -2.37. The highest BCUT2D eigenvalue weighted by atomic mass is 32.2. The number of nitrogens with one attached hydrogen (secondary N) is 1. The summed E-state index contributed by atoms with van der Waals surface area (Å²) in [5, 5.41) is 14.9. The highest BCUT2D eigenvalue weighted by Crippen LogP contribution is 2.10. The fourth-order valence-corrected chi connectivity index (χ4v) is 3.42. The maximum absolute atomic E-state index is 11.6. The first-order valence-electron chi connectivity index (χ1n) is 5.28. The Hall–Kier alpha value is -1.95. The molecule has 1 aliphatic rings. The topological polar surface area (TPSA) is 118 Å². The molecule has 9 heteroatoms. The summed E-state index contributed by atoms with van der Waals surface area (Å²) in [4.78, 5) is 15.3. The van der Waals surface area contributed by atoms with Crippen molar-refractivity contribution >= 4 is 15.7 Å². The van der Waals surface area contributed by atoms with Crippen molar-refractivity contribution in [2.75, 3.05) is 11.5 Å². The number of rotatable bonds is 3. The van der Waals surface area contributed by atoms with Crippen molar-refractivity contribution in [1.29, 1.82) is 5.26 Å². The van der Waals surface area contributed by atoms with Gasteiger partial charge in [-0.3, -0.25) is 4.79 Å². The van der Waals surface area contributed by atoms with Crippen LogP contribution in [0, 0.1) is 11.3 Å². The quantitative estimate of drug-likeness (QED) is 0.710. The van der Waals surface area contributed by atoms with Crippen LogP contribution in [0.5, 0.6) is 0 Å². The molecule has 1 aliphatic heterocycles. The average Bonchev–Trinajstić information content (AvgIpc) is 2.85. The summed E-state index contributed by atoms with van der Waals surface area (Å²) in [6, 6.07) is 1.42. The molecule has 96 valence electrons. The van der Waals surface area contributed by atoms with Crippen molar-refractivity contribution in [1.82, 2.24) is 20.1 Å². The van der Waals surface area contributed by atoms with Crippen LogP contribution in [0.25, 0.3) is 0 Å². The molecule has 1 aromatic heterocycles. The molecule has 1 atom stereocenters. The van der Waals surface area contributed by atoms with Crippen molar-refractivity contribution in [2.45, 2.75) is 19.0 Å². The minimum Gasteiger partial charge on any atom is -0.351 e. The number of hydrogen-bond acceptors (Lipinski definition) is 6. The van der Waals surface area contributed by atoms with E-state index in [1.54, 1.807) is 6.07 Å². The van der Waals surface area contributed by atoms with Gasteiger partial charge in [-0.25, -0.2) is 18.1 Å². The summed E-state index contributed by atoms with van der Waals surface area (Å²) in [6.45, 7) is -0.0781. The molecular weight excluding hydrogens is 258 g/mol. The third kappa shape index (κ3) is 3.04. The molecule has 0 aliphatic carbocycles. The Morgan fingerprint density at radius 3 is 3.00 bits per heavy atom. The molecule has 0 saturated carbocycles. The Morgan fingerprint density at radius 1 is 1.67 bits per heavy atom. The predicted octanol–water partition coefficient (Wildman–Crippen LogP) is -1.55. The normalized spacial score (nSPS) is 21.4. The van der Waals surface area contributed by atoms with E-state index in [9.17, 15) is 13.2 Å². The van der Waals surface area contributed by atoms with Crippen molar-refractivity contribution < 1.29 is 13.2 Å². The molecule has 1 amide bonds. The molecule has 18 heavy (non-hydrogen) atoms. The fourth-order valence-electron chi connectivity index (χ4n) is 1.75. The second kappa shape index (κ2) is 4.73. The zero-order valence-corrected chi connectivity index (χ0v) is 10.2. The predicted molar refractivity (Wildman–Crippen MR) is 59.9 cm³/mol. The molecule has 1 saturated heterocycles. The molecule has 2 heterocycles. The van der Waals surface area contributed by atoms with Crippen LogP contribution < -0.4 is 5.32 Å². The highest BCUT2D eigenvalue weighted by molar-refractivity contribution is 7.91. The van der Waals surface area contributed by atoms with E-state index in [-0.39, 0.29) is 35.8 Å². The minimum atomic E-state index is -3.01. The summed E-state index contributed by atoms with van der Waals surface area (Å²) in [5.41, 5.74) is 0. The summed E-state index contributed by atoms with van der Waals surface area (Å²) in [7, 11) is -3.01. The smallest absolute Gasteiger partial charge is 0.252 e. The average molecular weight is 269 g/mol. The standard InChI is InChI=1S/C9H11N5O3S/c10-3-8-11-6-14(13-8)4-9(15)12-7-1-2-18(16,17)5-7/h6-7H,1-2,4-5H2,(H,12,15). The zero-order valence-electron chi connectivity index (χ0n) is 9.40. The van der Waals surface area contributed by atoms with Gasteiger partial charge in [-0.1, -0.05) is 0 Å². The summed E-state index contributed by atoms with van der Waals surface area (Å²) >= 11 is 0. The van der Waals surface area contributed by atoms with Gasteiger partial charge < -0.3 is 5.32 Å². The van der Waals surface area contributed by atoms with Crippen LogP contribution in [-0.2, 0) is 21.2 Å². The largest absolute Gasteiger partial charge is 0.351 e. The number of amides is 1. The number of hydrogen-bond donors (Lipinski definition) is 1. The van der Waals surface area contributed by atoms with E-state index in [0.29, 0.717) is 6.42 Å². The number of sulfone groups is 1. The molecular formula is C9H11N5O3S. The maximum Gasteiger partial charge on any atom is 0.252 e. The van der Waals surface area contributed by atoms with Crippen LogP contribution in [0.3, 0.4) is 0 Å². The fraction of sp³-hybridized carbons (Fsp3) is 0.556. The summed E-state index contributed by atoms with van der Waals surface area (Å²) < 4.78 is 23.6. The third-order valence-corrected chi connectivity index (χ3v) is 4.31. The number of carbonyl (C=O) groups is 1. The molecule has 1 fully saturated rings. The van der Waals surface area contributed by atoms with E-state index < -0.39 is 9.84 Å². The van der Waals surface area contributed by atoms with Gasteiger partial charge in [0, 0.05) is 6.04 Å². The van der Waals surface area contributed by atoms with Gasteiger partial charge in [0.05, 0.1) is 11.5 Å². The molecule has 1 unspecified atom stereocenters. The number of nitriles is 1. The third-order valence-electron chi connectivity index (χ3n) is 2.54. The first-order valence-corrected chi connectivity index (χ1v) is 7.10. The van der Waals surface area contributed by atoms with E-state index in [2.05, 4.69) is 15.4 Å². The Morgan fingerprint density at radius 2 is 2.44 bits per heavy atom. The van der Waals surface area contributed by atoms with Crippen LogP contribution in [0.15, 0.2) is 6.33 Å². The van der Waals surface area contributed by atoms with E-state index >= 15 is 0 Å². The number of carbonyl (C=O) groups excluding carboxylic acids is 1. The van der Waals surface area contributed by atoms with Crippen LogP contribution >= 0.6 is 0 Å².